The molecule has 0 N–H and O–H groups in total. The number of amides is 1. The summed E-state index contributed by atoms with van der Waals surface area (Å²) < 4.78 is 8.19. The largest absolute Gasteiger partial charge is 0.485 e. The standard InChI is InChI=1S/C28H34N4O2S/c1-5-15-32-26(19-34-25-14-10-9-13-24(25)23-11-7-6-8-12-23)29-30-28(32)35-22(4)27(33)31-17-20(2)16-21(3)18-31/h5-14,20-22H,1,15-19H2,2-4H3. The average Bonchev–Trinajstić information content (AvgIpc) is 3.23. The molecule has 1 amide bonds. The highest BCUT2D eigenvalue weighted by Gasteiger charge is 2.29. The summed E-state index contributed by atoms with van der Waals surface area (Å²) >= 11 is 1.45. The van der Waals surface area contributed by atoms with Gasteiger partial charge in [0.15, 0.2) is 11.0 Å². The van der Waals surface area contributed by atoms with Crippen molar-refractivity contribution in [2.75, 3.05) is 13.1 Å². The molecule has 3 unspecified atom stereocenters. The Morgan fingerprint density at radius 3 is 2.51 bits per heavy atom. The fourth-order valence-corrected chi connectivity index (χ4v) is 5.69. The second-order valence-corrected chi connectivity index (χ2v) is 10.7. The third kappa shape index (κ3) is 6.14. The highest BCUT2D eigenvalue weighted by atomic mass is 32.2. The van der Waals surface area contributed by atoms with Gasteiger partial charge >= 0.3 is 0 Å². The molecule has 7 heteroatoms. The van der Waals surface area contributed by atoms with Crippen LogP contribution >= 0.6 is 11.8 Å². The van der Waals surface area contributed by atoms with Gasteiger partial charge in [-0.1, -0.05) is 80.2 Å². The van der Waals surface area contributed by atoms with Gasteiger partial charge in [0, 0.05) is 25.2 Å². The van der Waals surface area contributed by atoms with E-state index in [0.717, 1.165) is 30.0 Å². The Hall–Kier alpha value is -3.06. The van der Waals surface area contributed by atoms with Crippen LogP contribution in [-0.4, -0.2) is 43.9 Å². The number of piperidine rings is 1. The first-order valence-corrected chi connectivity index (χ1v) is 13.1. The number of rotatable bonds is 9. The highest BCUT2D eigenvalue weighted by molar-refractivity contribution is 8.00. The zero-order valence-electron chi connectivity index (χ0n) is 20.8. The van der Waals surface area contributed by atoms with E-state index < -0.39 is 0 Å². The Bertz CT molecular complexity index is 1140. The molecular formula is C28H34N4O2S. The lowest BCUT2D eigenvalue weighted by atomic mass is 9.92. The van der Waals surface area contributed by atoms with E-state index in [4.69, 9.17) is 4.74 Å². The number of para-hydroxylation sites is 1. The molecule has 3 atom stereocenters. The molecule has 1 aliphatic heterocycles. The molecule has 0 aliphatic carbocycles. The van der Waals surface area contributed by atoms with E-state index >= 15 is 0 Å². The predicted octanol–water partition coefficient (Wildman–Crippen LogP) is 5.70. The van der Waals surface area contributed by atoms with Crippen molar-refractivity contribution in [1.82, 2.24) is 19.7 Å². The van der Waals surface area contributed by atoms with Gasteiger partial charge in [-0.3, -0.25) is 9.36 Å². The Morgan fingerprint density at radius 2 is 1.80 bits per heavy atom. The smallest absolute Gasteiger partial charge is 0.235 e. The molecule has 0 spiro atoms. The van der Waals surface area contributed by atoms with Gasteiger partial charge in [-0.2, -0.15) is 0 Å². The number of carbonyl (C=O) groups is 1. The normalized spacial score (nSPS) is 18.8. The van der Waals surface area contributed by atoms with Crippen LogP contribution in [0.5, 0.6) is 5.75 Å². The second-order valence-electron chi connectivity index (χ2n) is 9.40. The van der Waals surface area contributed by atoms with Crippen molar-refractivity contribution in [3.8, 4) is 16.9 Å². The van der Waals surface area contributed by atoms with Gasteiger partial charge in [-0.05, 0) is 36.8 Å². The van der Waals surface area contributed by atoms with Crippen LogP contribution in [0.1, 0.15) is 33.0 Å². The lowest BCUT2D eigenvalue weighted by Crippen LogP contribution is -2.45. The number of benzene rings is 2. The number of allylic oxidation sites excluding steroid dienone is 1. The number of hydrogen-bond donors (Lipinski definition) is 0. The summed E-state index contributed by atoms with van der Waals surface area (Å²) in [6.45, 7) is 12.8. The zero-order chi connectivity index (χ0) is 24.8. The molecular weight excluding hydrogens is 456 g/mol. The minimum Gasteiger partial charge on any atom is -0.485 e. The molecule has 0 radical (unpaired) electrons. The van der Waals surface area contributed by atoms with Crippen LogP contribution in [0, 0.1) is 11.8 Å². The minimum absolute atomic E-state index is 0.163. The zero-order valence-corrected chi connectivity index (χ0v) is 21.6. The van der Waals surface area contributed by atoms with Crippen molar-refractivity contribution in [3.63, 3.8) is 0 Å². The van der Waals surface area contributed by atoms with Crippen LogP contribution in [-0.2, 0) is 17.9 Å². The van der Waals surface area contributed by atoms with Crippen LogP contribution in [0.2, 0.25) is 0 Å². The molecule has 1 saturated heterocycles. The van der Waals surface area contributed by atoms with Crippen molar-refractivity contribution in [3.05, 3.63) is 73.1 Å². The summed E-state index contributed by atoms with van der Waals surface area (Å²) in [5.41, 5.74) is 2.13. The van der Waals surface area contributed by atoms with Gasteiger partial charge < -0.3 is 9.64 Å². The summed E-state index contributed by atoms with van der Waals surface area (Å²) in [6.07, 6.45) is 2.99. The summed E-state index contributed by atoms with van der Waals surface area (Å²) in [5.74, 6) is 2.72. The van der Waals surface area contributed by atoms with Gasteiger partial charge in [0.1, 0.15) is 12.4 Å². The first-order chi connectivity index (χ1) is 17.0. The van der Waals surface area contributed by atoms with Crippen molar-refractivity contribution in [2.45, 2.75) is 50.8 Å². The first-order valence-electron chi connectivity index (χ1n) is 12.2. The van der Waals surface area contributed by atoms with E-state index in [1.165, 1.54) is 18.2 Å². The van der Waals surface area contributed by atoms with Crippen LogP contribution in [0.4, 0.5) is 0 Å². The molecule has 184 valence electrons. The monoisotopic (exact) mass is 490 g/mol. The second kappa shape index (κ2) is 11.6. The molecule has 2 aromatic carbocycles. The first kappa shape index (κ1) is 25.0. The summed E-state index contributed by atoms with van der Waals surface area (Å²) in [6, 6.07) is 18.2. The van der Waals surface area contributed by atoms with Crippen molar-refractivity contribution in [1.29, 1.82) is 0 Å². The third-order valence-electron chi connectivity index (χ3n) is 6.24. The van der Waals surface area contributed by atoms with Crippen molar-refractivity contribution < 1.29 is 9.53 Å². The fourth-order valence-electron chi connectivity index (χ4n) is 4.72. The maximum absolute atomic E-state index is 13.2. The number of ether oxygens (including phenoxy) is 1. The molecule has 0 bridgehead atoms. The molecule has 1 fully saturated rings. The van der Waals surface area contributed by atoms with Crippen LogP contribution in [0.15, 0.2) is 72.4 Å². The quantitative estimate of drug-likeness (QED) is 0.285. The van der Waals surface area contributed by atoms with E-state index in [1.54, 1.807) is 0 Å². The Balaban J connectivity index is 1.47. The maximum Gasteiger partial charge on any atom is 0.235 e. The van der Waals surface area contributed by atoms with Gasteiger partial charge in [0.25, 0.3) is 0 Å². The van der Waals surface area contributed by atoms with Gasteiger partial charge in [-0.15, -0.1) is 16.8 Å². The molecule has 3 aromatic rings. The maximum atomic E-state index is 13.2. The molecule has 0 saturated carbocycles. The van der Waals surface area contributed by atoms with Crippen molar-refractivity contribution >= 4 is 17.7 Å². The Kier molecular flexibility index (Phi) is 8.29. The lowest BCUT2D eigenvalue weighted by Gasteiger charge is -2.36. The SMILES string of the molecule is C=CCn1c(COc2ccccc2-c2ccccc2)nnc1SC(C)C(=O)N1CC(C)CC(C)C1. The minimum atomic E-state index is -0.243. The lowest BCUT2D eigenvalue weighted by molar-refractivity contribution is -0.132. The fraction of sp³-hybridized carbons (Fsp3) is 0.393. The van der Waals surface area contributed by atoms with Crippen LogP contribution in [0.25, 0.3) is 11.1 Å². The summed E-state index contributed by atoms with van der Waals surface area (Å²) in [5, 5.41) is 9.26. The topological polar surface area (TPSA) is 60.2 Å². The van der Waals surface area contributed by atoms with Crippen molar-refractivity contribution in [2.24, 2.45) is 11.8 Å². The molecule has 1 aromatic heterocycles. The van der Waals surface area contributed by atoms with Crippen LogP contribution < -0.4 is 4.74 Å². The van der Waals surface area contributed by atoms with Gasteiger partial charge in [0.05, 0.1) is 5.25 Å². The van der Waals surface area contributed by atoms with E-state index in [0.29, 0.717) is 29.4 Å². The Morgan fingerprint density at radius 1 is 1.11 bits per heavy atom. The third-order valence-corrected chi connectivity index (χ3v) is 7.31. The average molecular weight is 491 g/mol. The Labute approximate surface area is 212 Å². The number of hydrogen-bond acceptors (Lipinski definition) is 5. The number of likely N-dealkylation sites (tertiary alicyclic amines) is 1. The number of thioether (sulfide) groups is 1. The number of aromatic nitrogens is 3. The number of carbonyl (C=O) groups excluding carboxylic acids is 1. The van der Waals surface area contributed by atoms with Gasteiger partial charge in [-0.25, -0.2) is 0 Å². The predicted molar refractivity (Wildman–Crippen MR) is 141 cm³/mol. The van der Waals surface area contributed by atoms with Crippen LogP contribution in [0.3, 0.4) is 0 Å². The molecule has 6 nitrogen and oxygen atoms in total. The van der Waals surface area contributed by atoms with E-state index in [2.05, 4.69) is 48.8 Å². The molecule has 35 heavy (non-hydrogen) atoms. The number of nitrogens with zero attached hydrogens (tertiary/aromatic N) is 4. The summed E-state index contributed by atoms with van der Waals surface area (Å²) in [4.78, 5) is 15.2. The molecule has 2 heterocycles. The van der Waals surface area contributed by atoms with Gasteiger partial charge in [0.2, 0.25) is 5.91 Å². The molecule has 4 rings (SSSR count). The van der Waals surface area contributed by atoms with E-state index in [-0.39, 0.29) is 17.8 Å². The highest BCUT2D eigenvalue weighted by Crippen LogP contribution is 2.31. The summed E-state index contributed by atoms with van der Waals surface area (Å²) in [7, 11) is 0. The van der Waals surface area contributed by atoms with E-state index in [1.807, 2.05) is 58.9 Å². The van der Waals surface area contributed by atoms with E-state index in [9.17, 15) is 4.79 Å². The molecule has 1 aliphatic rings.